The van der Waals surface area contributed by atoms with Crippen molar-refractivity contribution in [3.8, 4) is 5.75 Å². The summed E-state index contributed by atoms with van der Waals surface area (Å²) < 4.78 is 5.29. The number of benzene rings is 1. The van der Waals surface area contributed by atoms with E-state index in [1.807, 2.05) is 6.92 Å². The van der Waals surface area contributed by atoms with E-state index in [1.54, 1.807) is 48.8 Å². The number of nitrogens with zero attached hydrogens (tertiary/aromatic N) is 1. The highest BCUT2D eigenvalue weighted by Gasteiger charge is 2.07. The first kappa shape index (κ1) is 15.3. The van der Waals surface area contributed by atoms with Gasteiger partial charge in [0.15, 0.2) is 0 Å². The molecule has 0 spiro atoms. The van der Waals surface area contributed by atoms with Crippen molar-refractivity contribution in [2.45, 2.75) is 6.92 Å². The SMILES string of the molecule is CCOc1ccc(C(=O)NNC(=O)Nc2ccncc2)cc1. The van der Waals surface area contributed by atoms with Gasteiger partial charge in [0.05, 0.1) is 6.61 Å². The lowest BCUT2D eigenvalue weighted by atomic mass is 10.2. The zero-order chi connectivity index (χ0) is 15.8. The van der Waals surface area contributed by atoms with E-state index >= 15 is 0 Å². The summed E-state index contributed by atoms with van der Waals surface area (Å²) in [5, 5.41) is 2.55. The summed E-state index contributed by atoms with van der Waals surface area (Å²) >= 11 is 0. The Kier molecular flexibility index (Phi) is 5.31. The molecule has 0 atom stereocenters. The molecule has 1 aromatic heterocycles. The van der Waals surface area contributed by atoms with Crippen LogP contribution in [0.1, 0.15) is 17.3 Å². The third-order valence-corrected chi connectivity index (χ3v) is 2.66. The van der Waals surface area contributed by atoms with E-state index in [0.29, 0.717) is 23.6 Å². The first-order valence-electron chi connectivity index (χ1n) is 6.69. The molecule has 0 radical (unpaired) electrons. The van der Waals surface area contributed by atoms with Gasteiger partial charge in [-0.05, 0) is 43.3 Å². The minimum atomic E-state index is -0.550. The highest BCUT2D eigenvalue weighted by atomic mass is 16.5. The highest BCUT2D eigenvalue weighted by Crippen LogP contribution is 2.11. The van der Waals surface area contributed by atoms with E-state index < -0.39 is 11.9 Å². The number of aromatic nitrogens is 1. The van der Waals surface area contributed by atoms with Crippen LogP contribution in [0.4, 0.5) is 10.5 Å². The first-order chi connectivity index (χ1) is 10.7. The van der Waals surface area contributed by atoms with Gasteiger partial charge in [-0.15, -0.1) is 0 Å². The number of urea groups is 1. The molecule has 0 aliphatic rings. The number of carbonyl (C=O) groups excluding carboxylic acids is 2. The number of hydrogen-bond acceptors (Lipinski definition) is 4. The van der Waals surface area contributed by atoms with Gasteiger partial charge in [0.1, 0.15) is 5.75 Å². The van der Waals surface area contributed by atoms with E-state index in [1.165, 1.54) is 0 Å². The Morgan fingerprint density at radius 3 is 2.36 bits per heavy atom. The van der Waals surface area contributed by atoms with Gasteiger partial charge in [0, 0.05) is 23.6 Å². The third-order valence-electron chi connectivity index (χ3n) is 2.66. The van der Waals surface area contributed by atoms with Crippen molar-refractivity contribution in [3.05, 3.63) is 54.4 Å². The summed E-state index contributed by atoms with van der Waals surface area (Å²) in [7, 11) is 0. The molecule has 0 aliphatic carbocycles. The van der Waals surface area contributed by atoms with Crippen LogP contribution >= 0.6 is 0 Å². The van der Waals surface area contributed by atoms with Gasteiger partial charge in [0.2, 0.25) is 0 Å². The number of amides is 3. The lowest BCUT2D eigenvalue weighted by Crippen LogP contribution is -2.43. The predicted octanol–water partition coefficient (Wildman–Crippen LogP) is 1.95. The van der Waals surface area contributed by atoms with Gasteiger partial charge in [0.25, 0.3) is 5.91 Å². The average Bonchev–Trinajstić information content (AvgIpc) is 2.54. The summed E-state index contributed by atoms with van der Waals surface area (Å²) in [5.74, 6) is 0.260. The second-order valence-corrected chi connectivity index (χ2v) is 4.23. The molecule has 0 fully saturated rings. The number of anilines is 1. The smallest absolute Gasteiger partial charge is 0.337 e. The fourth-order valence-electron chi connectivity index (χ4n) is 1.65. The minimum absolute atomic E-state index is 0.410. The van der Waals surface area contributed by atoms with Crippen LogP contribution in [0.25, 0.3) is 0 Å². The topological polar surface area (TPSA) is 92.4 Å². The van der Waals surface area contributed by atoms with E-state index in [0.717, 1.165) is 0 Å². The first-order valence-corrected chi connectivity index (χ1v) is 6.69. The Hall–Kier alpha value is -3.09. The highest BCUT2D eigenvalue weighted by molar-refractivity contribution is 5.97. The fourth-order valence-corrected chi connectivity index (χ4v) is 1.65. The molecule has 0 bridgehead atoms. The Labute approximate surface area is 127 Å². The van der Waals surface area contributed by atoms with Crippen LogP contribution in [0.2, 0.25) is 0 Å². The van der Waals surface area contributed by atoms with Gasteiger partial charge in [-0.1, -0.05) is 0 Å². The van der Waals surface area contributed by atoms with E-state index in [9.17, 15) is 9.59 Å². The van der Waals surface area contributed by atoms with Crippen LogP contribution in [0, 0.1) is 0 Å². The summed E-state index contributed by atoms with van der Waals surface area (Å²) in [6, 6.07) is 9.32. The number of rotatable bonds is 4. The normalized spacial score (nSPS) is 9.68. The number of nitrogens with one attached hydrogen (secondary N) is 3. The second-order valence-electron chi connectivity index (χ2n) is 4.23. The summed E-state index contributed by atoms with van der Waals surface area (Å²) in [6.45, 7) is 2.44. The maximum absolute atomic E-state index is 11.9. The minimum Gasteiger partial charge on any atom is -0.494 e. The van der Waals surface area contributed by atoms with Crippen molar-refractivity contribution in [2.24, 2.45) is 0 Å². The standard InChI is InChI=1S/C15H16N4O3/c1-2-22-13-5-3-11(4-6-13)14(20)18-19-15(21)17-12-7-9-16-10-8-12/h3-10H,2H2,1H3,(H,18,20)(H2,16,17,19,21). The lowest BCUT2D eigenvalue weighted by Gasteiger charge is -2.09. The molecule has 0 saturated heterocycles. The molecule has 0 unspecified atom stereocenters. The lowest BCUT2D eigenvalue weighted by molar-refractivity contribution is 0.0938. The summed E-state index contributed by atoms with van der Waals surface area (Å²) in [5.41, 5.74) is 5.56. The monoisotopic (exact) mass is 300 g/mol. The van der Waals surface area contributed by atoms with Gasteiger partial charge >= 0.3 is 6.03 Å². The van der Waals surface area contributed by atoms with Crippen LogP contribution in [0.15, 0.2) is 48.8 Å². The van der Waals surface area contributed by atoms with Gasteiger partial charge in [-0.2, -0.15) is 0 Å². The molecular weight excluding hydrogens is 284 g/mol. The number of hydrazine groups is 1. The van der Waals surface area contributed by atoms with Crippen molar-refractivity contribution in [1.82, 2.24) is 15.8 Å². The molecule has 114 valence electrons. The van der Waals surface area contributed by atoms with E-state index in [-0.39, 0.29) is 0 Å². The van der Waals surface area contributed by atoms with E-state index in [2.05, 4.69) is 21.2 Å². The molecular formula is C15H16N4O3. The Bertz CT molecular complexity index is 629. The second kappa shape index (κ2) is 7.63. The fraction of sp³-hybridized carbons (Fsp3) is 0.133. The largest absolute Gasteiger partial charge is 0.494 e. The van der Waals surface area contributed by atoms with Gasteiger partial charge in [-0.25, -0.2) is 10.2 Å². The number of carbonyl (C=O) groups is 2. The van der Waals surface area contributed by atoms with Crippen LogP contribution in [0.5, 0.6) is 5.75 Å². The van der Waals surface area contributed by atoms with E-state index in [4.69, 9.17) is 4.74 Å². The maximum atomic E-state index is 11.9. The Morgan fingerprint density at radius 1 is 1.05 bits per heavy atom. The molecule has 3 amide bonds. The molecule has 7 nitrogen and oxygen atoms in total. The van der Waals surface area contributed by atoms with Crippen molar-refractivity contribution >= 4 is 17.6 Å². The molecule has 2 aromatic rings. The van der Waals surface area contributed by atoms with Crippen molar-refractivity contribution in [2.75, 3.05) is 11.9 Å². The van der Waals surface area contributed by atoms with Crippen LogP contribution in [-0.2, 0) is 0 Å². The molecule has 22 heavy (non-hydrogen) atoms. The quantitative estimate of drug-likeness (QED) is 0.752. The van der Waals surface area contributed by atoms with Crippen LogP contribution in [-0.4, -0.2) is 23.5 Å². The number of pyridine rings is 1. The van der Waals surface area contributed by atoms with Crippen LogP contribution < -0.4 is 20.9 Å². The summed E-state index contributed by atoms with van der Waals surface area (Å²) in [6.07, 6.45) is 3.10. The molecule has 1 aromatic carbocycles. The summed E-state index contributed by atoms with van der Waals surface area (Å²) in [4.78, 5) is 27.3. The zero-order valence-corrected chi connectivity index (χ0v) is 12.0. The van der Waals surface area contributed by atoms with Crippen LogP contribution in [0.3, 0.4) is 0 Å². The molecule has 0 saturated carbocycles. The van der Waals surface area contributed by atoms with Gasteiger partial charge < -0.3 is 10.1 Å². The molecule has 0 aliphatic heterocycles. The van der Waals surface area contributed by atoms with Crippen molar-refractivity contribution in [1.29, 1.82) is 0 Å². The Balaban J connectivity index is 1.83. The number of ether oxygens (including phenoxy) is 1. The third kappa shape index (κ3) is 4.48. The Morgan fingerprint density at radius 2 is 1.73 bits per heavy atom. The zero-order valence-electron chi connectivity index (χ0n) is 12.0. The molecule has 1 heterocycles. The molecule has 7 heteroatoms. The molecule has 3 N–H and O–H groups in total. The van der Waals surface area contributed by atoms with Gasteiger partial charge in [-0.3, -0.25) is 15.2 Å². The predicted molar refractivity (Wildman–Crippen MR) is 81.5 cm³/mol. The van der Waals surface area contributed by atoms with Crippen molar-refractivity contribution in [3.63, 3.8) is 0 Å². The number of hydrogen-bond donors (Lipinski definition) is 3. The van der Waals surface area contributed by atoms with Crippen molar-refractivity contribution < 1.29 is 14.3 Å². The molecule has 2 rings (SSSR count). The maximum Gasteiger partial charge on any atom is 0.337 e. The average molecular weight is 300 g/mol.